The monoisotopic (exact) mass is 284 g/mol. The van der Waals surface area contributed by atoms with Crippen LogP contribution in [-0.4, -0.2) is 37.7 Å². The highest BCUT2D eigenvalue weighted by Gasteiger charge is 2.19. The lowest BCUT2D eigenvalue weighted by molar-refractivity contribution is -0.144. The number of carbonyl (C=O) groups excluding carboxylic acids is 4. The van der Waals surface area contributed by atoms with Crippen LogP contribution in [0.4, 0.5) is 0 Å². The third-order valence-corrected chi connectivity index (χ3v) is 2.17. The van der Waals surface area contributed by atoms with Gasteiger partial charge in [-0.1, -0.05) is 0 Å². The maximum atomic E-state index is 11.3. The summed E-state index contributed by atoms with van der Waals surface area (Å²) in [6.45, 7) is 6.32. The van der Waals surface area contributed by atoms with Gasteiger partial charge >= 0.3 is 11.9 Å². The van der Waals surface area contributed by atoms with Gasteiger partial charge in [0.05, 0.1) is 10.8 Å². The smallest absolute Gasteiger partial charge is 0.331 e. The van der Waals surface area contributed by atoms with E-state index in [1.54, 1.807) is 27.7 Å². The molecule has 20 heavy (non-hydrogen) atoms. The zero-order chi connectivity index (χ0) is 15.8. The standard InChI is InChI=1S/C14H20O6/c1-13(2,7-15)9-19-11(17)5-6-12(18)20-10-14(3,4)8-16/h5-8H,9-10H2,1-4H3. The van der Waals surface area contributed by atoms with Crippen LogP contribution in [0.15, 0.2) is 12.2 Å². The van der Waals surface area contributed by atoms with Gasteiger partial charge in [0.15, 0.2) is 0 Å². The highest BCUT2D eigenvalue weighted by molar-refractivity contribution is 5.91. The Balaban J connectivity index is 4.16. The lowest BCUT2D eigenvalue weighted by Gasteiger charge is -2.16. The van der Waals surface area contributed by atoms with E-state index < -0.39 is 22.8 Å². The van der Waals surface area contributed by atoms with Crippen LogP contribution in [0.3, 0.4) is 0 Å². The van der Waals surface area contributed by atoms with Gasteiger partial charge < -0.3 is 19.1 Å². The van der Waals surface area contributed by atoms with Crippen molar-refractivity contribution in [3.63, 3.8) is 0 Å². The summed E-state index contributed by atoms with van der Waals surface area (Å²) >= 11 is 0. The summed E-state index contributed by atoms with van der Waals surface area (Å²) in [6.07, 6.45) is 3.19. The maximum Gasteiger partial charge on any atom is 0.331 e. The lowest BCUT2D eigenvalue weighted by Crippen LogP contribution is -2.23. The van der Waals surface area contributed by atoms with Crippen molar-refractivity contribution in [1.29, 1.82) is 0 Å². The number of aldehydes is 2. The van der Waals surface area contributed by atoms with Crippen LogP contribution in [0.2, 0.25) is 0 Å². The molecule has 6 heteroatoms. The van der Waals surface area contributed by atoms with Crippen molar-refractivity contribution in [1.82, 2.24) is 0 Å². The van der Waals surface area contributed by atoms with Gasteiger partial charge in [-0.3, -0.25) is 0 Å². The van der Waals surface area contributed by atoms with Crippen molar-refractivity contribution in [2.24, 2.45) is 10.8 Å². The molecule has 0 N–H and O–H groups in total. The van der Waals surface area contributed by atoms with Gasteiger partial charge in [-0.15, -0.1) is 0 Å². The van der Waals surface area contributed by atoms with Gasteiger partial charge in [-0.2, -0.15) is 0 Å². The molecule has 0 bridgehead atoms. The van der Waals surface area contributed by atoms with E-state index in [1.165, 1.54) is 0 Å². The fourth-order valence-corrected chi connectivity index (χ4v) is 0.815. The van der Waals surface area contributed by atoms with E-state index in [0.29, 0.717) is 12.6 Å². The van der Waals surface area contributed by atoms with Gasteiger partial charge in [-0.25, -0.2) is 9.59 Å². The van der Waals surface area contributed by atoms with Crippen LogP contribution < -0.4 is 0 Å². The second-order valence-electron chi connectivity index (χ2n) is 5.76. The average Bonchev–Trinajstić information content (AvgIpc) is 2.40. The molecule has 0 unspecified atom stereocenters. The van der Waals surface area contributed by atoms with Gasteiger partial charge in [0, 0.05) is 12.2 Å². The van der Waals surface area contributed by atoms with Crippen molar-refractivity contribution in [3.8, 4) is 0 Å². The van der Waals surface area contributed by atoms with Crippen LogP contribution in [0.25, 0.3) is 0 Å². The number of carbonyl (C=O) groups is 4. The third-order valence-electron chi connectivity index (χ3n) is 2.17. The Morgan fingerprint density at radius 3 is 1.35 bits per heavy atom. The second kappa shape index (κ2) is 7.57. The van der Waals surface area contributed by atoms with Gasteiger partial charge in [0.1, 0.15) is 25.8 Å². The molecule has 0 heterocycles. The van der Waals surface area contributed by atoms with E-state index in [2.05, 4.69) is 0 Å². The summed E-state index contributed by atoms with van der Waals surface area (Å²) in [5.74, 6) is -1.49. The minimum Gasteiger partial charge on any atom is -0.461 e. The Hall–Kier alpha value is -1.98. The van der Waals surface area contributed by atoms with Crippen LogP contribution in [-0.2, 0) is 28.7 Å². The van der Waals surface area contributed by atoms with Gasteiger partial charge in [0.2, 0.25) is 0 Å². The van der Waals surface area contributed by atoms with Crippen molar-refractivity contribution in [2.45, 2.75) is 27.7 Å². The molecule has 6 nitrogen and oxygen atoms in total. The summed E-state index contributed by atoms with van der Waals surface area (Å²) in [4.78, 5) is 43.8. The topological polar surface area (TPSA) is 86.7 Å². The molecular weight excluding hydrogens is 264 g/mol. The molecule has 0 saturated carbocycles. The number of esters is 2. The van der Waals surface area contributed by atoms with Crippen LogP contribution in [0.1, 0.15) is 27.7 Å². The van der Waals surface area contributed by atoms with E-state index in [1.807, 2.05) is 0 Å². The van der Waals surface area contributed by atoms with Crippen LogP contribution >= 0.6 is 0 Å². The minimum atomic E-state index is -0.766. The Labute approximate surface area is 118 Å². The van der Waals surface area contributed by atoms with E-state index >= 15 is 0 Å². The first-order valence-electron chi connectivity index (χ1n) is 6.06. The van der Waals surface area contributed by atoms with Gasteiger partial charge in [0.25, 0.3) is 0 Å². The highest BCUT2D eigenvalue weighted by atomic mass is 16.5. The molecule has 0 atom stereocenters. The normalized spacial score (nSPS) is 12.0. The third kappa shape index (κ3) is 8.18. The summed E-state index contributed by atoms with van der Waals surface area (Å²) in [6, 6.07) is 0. The van der Waals surface area contributed by atoms with Gasteiger partial charge in [-0.05, 0) is 27.7 Å². The van der Waals surface area contributed by atoms with E-state index in [0.717, 1.165) is 12.2 Å². The maximum absolute atomic E-state index is 11.3. The quantitative estimate of drug-likeness (QED) is 0.376. The zero-order valence-electron chi connectivity index (χ0n) is 12.2. The first-order valence-corrected chi connectivity index (χ1v) is 6.06. The molecule has 0 radical (unpaired) electrons. The summed E-state index contributed by atoms with van der Waals surface area (Å²) in [7, 11) is 0. The van der Waals surface area contributed by atoms with E-state index in [9.17, 15) is 19.2 Å². The molecule has 0 aromatic carbocycles. The number of ether oxygens (including phenoxy) is 2. The lowest BCUT2D eigenvalue weighted by atomic mass is 9.98. The minimum absolute atomic E-state index is 0.0765. The van der Waals surface area contributed by atoms with Crippen molar-refractivity contribution in [3.05, 3.63) is 12.2 Å². The van der Waals surface area contributed by atoms with Crippen molar-refractivity contribution >= 4 is 24.5 Å². The molecule has 0 rings (SSSR count). The molecule has 0 aliphatic heterocycles. The zero-order valence-corrected chi connectivity index (χ0v) is 12.2. The van der Waals surface area contributed by atoms with Crippen LogP contribution in [0, 0.1) is 10.8 Å². The highest BCUT2D eigenvalue weighted by Crippen LogP contribution is 2.12. The van der Waals surface area contributed by atoms with E-state index in [4.69, 9.17) is 9.47 Å². The molecule has 0 aromatic rings. The van der Waals surface area contributed by atoms with Crippen LogP contribution in [0.5, 0.6) is 0 Å². The summed E-state index contributed by atoms with van der Waals surface area (Å²) in [5.41, 5.74) is -1.53. The number of hydrogen-bond acceptors (Lipinski definition) is 6. The Morgan fingerprint density at radius 1 is 0.800 bits per heavy atom. The SMILES string of the molecule is CC(C)(C=O)COC(=O)C=CC(=O)OCC(C)(C)C=O. The molecule has 0 saturated heterocycles. The molecule has 0 spiro atoms. The van der Waals surface area contributed by atoms with Crippen molar-refractivity contribution < 1.29 is 28.7 Å². The first kappa shape index (κ1) is 18.0. The van der Waals surface area contributed by atoms with E-state index in [-0.39, 0.29) is 13.2 Å². The number of hydrogen-bond donors (Lipinski definition) is 0. The molecule has 0 amide bonds. The molecule has 0 aliphatic carbocycles. The largest absolute Gasteiger partial charge is 0.461 e. The second-order valence-corrected chi connectivity index (χ2v) is 5.76. The summed E-state index contributed by atoms with van der Waals surface area (Å²) < 4.78 is 9.59. The molecule has 0 aromatic heterocycles. The average molecular weight is 284 g/mol. The molecule has 0 aliphatic rings. The molecule has 0 fully saturated rings. The fraction of sp³-hybridized carbons (Fsp3) is 0.571. The Kier molecular flexibility index (Phi) is 6.82. The predicted molar refractivity (Wildman–Crippen MR) is 70.7 cm³/mol. The Morgan fingerprint density at radius 2 is 1.10 bits per heavy atom. The Bertz CT molecular complexity index is 368. The predicted octanol–water partition coefficient (Wildman–Crippen LogP) is 1.08. The number of rotatable bonds is 8. The van der Waals surface area contributed by atoms with Crippen molar-refractivity contribution in [2.75, 3.05) is 13.2 Å². The molecular formula is C14H20O6. The fourth-order valence-electron chi connectivity index (χ4n) is 0.815. The summed E-state index contributed by atoms with van der Waals surface area (Å²) in [5, 5.41) is 0. The molecule has 112 valence electrons. The first-order chi connectivity index (χ1) is 9.12.